The minimum atomic E-state index is 0.822. The third kappa shape index (κ3) is 4.89. The van der Waals surface area contributed by atoms with Gasteiger partial charge in [-0.15, -0.1) is 0 Å². The Balaban J connectivity index is 1.30. The van der Waals surface area contributed by atoms with Gasteiger partial charge in [-0.2, -0.15) is 0 Å². The van der Waals surface area contributed by atoms with Gasteiger partial charge >= 0.3 is 0 Å². The molecule has 2 N–H and O–H groups in total. The summed E-state index contributed by atoms with van der Waals surface area (Å²) in [6.45, 7) is 4.16. The molecule has 0 bridgehead atoms. The van der Waals surface area contributed by atoms with Gasteiger partial charge in [0.1, 0.15) is 0 Å². The standard InChI is InChI=1S/C33H30N2/c1-3-4-5-8-25-11-13-28(14-12-25)31-21-24(2)33(23-31)35(34)32-19-17-27(18-20-32)30-16-15-26-9-6-7-10-29(26)22-30/h3-22H,23,34H2,1-2H3/b4-3-,8-5-. The topological polar surface area (TPSA) is 29.3 Å². The van der Waals surface area contributed by atoms with Gasteiger partial charge in [-0.25, -0.2) is 5.84 Å². The Morgan fingerprint density at radius 3 is 2.17 bits per heavy atom. The molecule has 0 saturated carbocycles. The molecule has 0 unspecified atom stereocenters. The Hall–Kier alpha value is -4.14. The molecule has 0 heterocycles. The van der Waals surface area contributed by atoms with Crippen LogP contribution < -0.4 is 10.9 Å². The van der Waals surface area contributed by atoms with Crippen LogP contribution in [0.1, 0.15) is 31.4 Å². The van der Waals surface area contributed by atoms with Crippen molar-refractivity contribution in [1.82, 2.24) is 0 Å². The molecule has 0 saturated heterocycles. The summed E-state index contributed by atoms with van der Waals surface area (Å²) in [6, 6.07) is 32.3. The van der Waals surface area contributed by atoms with Crippen LogP contribution in [0.5, 0.6) is 0 Å². The van der Waals surface area contributed by atoms with Gasteiger partial charge in [0.15, 0.2) is 0 Å². The van der Waals surface area contributed by atoms with E-state index in [-0.39, 0.29) is 0 Å². The fourth-order valence-corrected chi connectivity index (χ4v) is 4.60. The van der Waals surface area contributed by atoms with E-state index in [2.05, 4.69) is 116 Å². The first-order valence-electron chi connectivity index (χ1n) is 12.1. The molecule has 4 aromatic rings. The van der Waals surface area contributed by atoms with Crippen molar-refractivity contribution in [1.29, 1.82) is 0 Å². The zero-order chi connectivity index (χ0) is 24.2. The lowest BCUT2D eigenvalue weighted by Gasteiger charge is -2.22. The maximum Gasteiger partial charge on any atom is 0.0572 e. The Labute approximate surface area is 208 Å². The molecule has 0 radical (unpaired) electrons. The number of hydrazine groups is 1. The predicted octanol–water partition coefficient (Wildman–Crippen LogP) is 8.54. The molecule has 5 rings (SSSR count). The average Bonchev–Trinajstić information content (AvgIpc) is 3.30. The van der Waals surface area contributed by atoms with E-state index in [0.29, 0.717) is 0 Å². The van der Waals surface area contributed by atoms with Crippen molar-refractivity contribution < 1.29 is 0 Å². The highest BCUT2D eigenvalue weighted by molar-refractivity contribution is 5.87. The number of allylic oxidation sites excluding steroid dienone is 6. The number of nitrogens with two attached hydrogens (primary N) is 1. The fraction of sp³-hybridized carbons (Fsp3) is 0.0909. The van der Waals surface area contributed by atoms with Crippen LogP contribution in [0.15, 0.2) is 127 Å². The second-order valence-electron chi connectivity index (χ2n) is 8.96. The van der Waals surface area contributed by atoms with Crippen LogP contribution in [0.3, 0.4) is 0 Å². The SMILES string of the molecule is C/C=C\C=C/c1ccc(C2=CC(C)=C(N(N)c3ccc(-c4ccc5ccccc5c4)cc3)C2)cc1. The first-order valence-corrected chi connectivity index (χ1v) is 12.1. The first kappa shape index (κ1) is 22.6. The van der Waals surface area contributed by atoms with Crippen LogP contribution in [0.2, 0.25) is 0 Å². The van der Waals surface area contributed by atoms with Crippen LogP contribution in [0.4, 0.5) is 5.69 Å². The molecule has 0 spiro atoms. The number of hydrogen-bond acceptors (Lipinski definition) is 2. The second-order valence-corrected chi connectivity index (χ2v) is 8.96. The molecular weight excluding hydrogens is 424 g/mol. The molecule has 0 atom stereocenters. The van der Waals surface area contributed by atoms with E-state index in [9.17, 15) is 0 Å². The largest absolute Gasteiger partial charge is 0.283 e. The Morgan fingerprint density at radius 2 is 1.43 bits per heavy atom. The number of rotatable bonds is 6. The average molecular weight is 455 g/mol. The van der Waals surface area contributed by atoms with E-state index in [1.165, 1.54) is 44.2 Å². The number of nitrogens with zero attached hydrogens (tertiary/aromatic N) is 1. The molecule has 1 aliphatic rings. The Kier molecular flexibility index (Phi) is 6.47. The van der Waals surface area contributed by atoms with Gasteiger partial charge < -0.3 is 0 Å². The van der Waals surface area contributed by atoms with Crippen molar-refractivity contribution in [2.45, 2.75) is 20.3 Å². The van der Waals surface area contributed by atoms with Crippen LogP contribution in [0, 0.1) is 0 Å². The number of anilines is 1. The maximum absolute atomic E-state index is 6.61. The predicted molar refractivity (Wildman–Crippen MR) is 152 cm³/mol. The van der Waals surface area contributed by atoms with E-state index >= 15 is 0 Å². The van der Waals surface area contributed by atoms with E-state index in [1.54, 1.807) is 0 Å². The lowest BCUT2D eigenvalue weighted by Crippen LogP contribution is -2.30. The first-order chi connectivity index (χ1) is 17.1. The van der Waals surface area contributed by atoms with Crippen LogP contribution >= 0.6 is 0 Å². The molecule has 0 fully saturated rings. The zero-order valence-electron chi connectivity index (χ0n) is 20.3. The quantitative estimate of drug-likeness (QED) is 0.180. The van der Waals surface area contributed by atoms with Gasteiger partial charge in [0.2, 0.25) is 0 Å². The molecule has 0 aromatic heterocycles. The summed E-state index contributed by atoms with van der Waals surface area (Å²) in [5.74, 6) is 6.61. The molecule has 0 aliphatic heterocycles. The molecule has 2 heteroatoms. The van der Waals surface area contributed by atoms with Crippen LogP contribution in [-0.2, 0) is 0 Å². The molecule has 4 aromatic carbocycles. The summed E-state index contributed by atoms with van der Waals surface area (Å²) in [6.07, 6.45) is 11.3. The van der Waals surface area contributed by atoms with E-state index in [0.717, 1.165) is 17.8 Å². The second kappa shape index (κ2) is 10.0. The lowest BCUT2D eigenvalue weighted by atomic mass is 10.0. The van der Waals surface area contributed by atoms with E-state index in [1.807, 2.05) is 24.1 Å². The third-order valence-corrected chi connectivity index (χ3v) is 6.60. The summed E-state index contributed by atoms with van der Waals surface area (Å²) in [5, 5.41) is 4.34. The van der Waals surface area contributed by atoms with Gasteiger partial charge in [-0.1, -0.05) is 103 Å². The molecule has 172 valence electrons. The van der Waals surface area contributed by atoms with Gasteiger partial charge in [0.05, 0.1) is 5.69 Å². The summed E-state index contributed by atoms with van der Waals surface area (Å²) < 4.78 is 0. The maximum atomic E-state index is 6.61. The lowest BCUT2D eigenvalue weighted by molar-refractivity contribution is 0.956. The zero-order valence-corrected chi connectivity index (χ0v) is 20.3. The molecule has 0 amide bonds. The normalized spacial score (nSPS) is 13.9. The van der Waals surface area contributed by atoms with Gasteiger partial charge in [-0.3, -0.25) is 5.01 Å². The smallest absolute Gasteiger partial charge is 0.0572 e. The highest BCUT2D eigenvalue weighted by Crippen LogP contribution is 2.35. The van der Waals surface area contributed by atoms with Crippen molar-refractivity contribution in [3.8, 4) is 11.1 Å². The number of fused-ring (bicyclic) bond motifs is 1. The minimum absolute atomic E-state index is 0.822. The van der Waals surface area contributed by atoms with Crippen molar-refractivity contribution in [2.24, 2.45) is 5.84 Å². The molecular formula is C33H30N2. The van der Waals surface area contributed by atoms with Crippen molar-refractivity contribution in [3.63, 3.8) is 0 Å². The van der Waals surface area contributed by atoms with Gasteiger partial charge in [0, 0.05) is 12.1 Å². The monoisotopic (exact) mass is 454 g/mol. The molecule has 35 heavy (non-hydrogen) atoms. The van der Waals surface area contributed by atoms with Crippen molar-refractivity contribution in [3.05, 3.63) is 138 Å². The molecule has 1 aliphatic carbocycles. The van der Waals surface area contributed by atoms with Gasteiger partial charge in [0.25, 0.3) is 0 Å². The summed E-state index contributed by atoms with van der Waals surface area (Å²) in [4.78, 5) is 0. The van der Waals surface area contributed by atoms with E-state index < -0.39 is 0 Å². The summed E-state index contributed by atoms with van der Waals surface area (Å²) in [7, 11) is 0. The Bertz CT molecular complexity index is 1470. The van der Waals surface area contributed by atoms with Crippen LogP contribution in [-0.4, -0.2) is 0 Å². The fourth-order valence-electron chi connectivity index (χ4n) is 4.60. The van der Waals surface area contributed by atoms with Gasteiger partial charge in [-0.05, 0) is 76.2 Å². The summed E-state index contributed by atoms with van der Waals surface area (Å²) in [5.41, 5.74) is 9.46. The third-order valence-electron chi connectivity index (χ3n) is 6.60. The number of benzene rings is 4. The van der Waals surface area contributed by atoms with Crippen LogP contribution in [0.25, 0.3) is 33.5 Å². The number of hydrogen-bond donors (Lipinski definition) is 1. The minimum Gasteiger partial charge on any atom is -0.283 e. The molecule has 2 nitrogen and oxygen atoms in total. The highest BCUT2D eigenvalue weighted by atomic mass is 15.4. The van der Waals surface area contributed by atoms with Crippen molar-refractivity contribution in [2.75, 3.05) is 5.01 Å². The van der Waals surface area contributed by atoms with Crippen molar-refractivity contribution >= 4 is 28.1 Å². The van der Waals surface area contributed by atoms with E-state index in [4.69, 9.17) is 5.84 Å². The Morgan fingerprint density at radius 1 is 0.743 bits per heavy atom. The summed E-state index contributed by atoms with van der Waals surface area (Å²) >= 11 is 0. The highest BCUT2D eigenvalue weighted by Gasteiger charge is 2.19.